The molecule has 0 spiro atoms. The van der Waals surface area contributed by atoms with Gasteiger partial charge in [-0.2, -0.15) is 15.0 Å². The number of halogens is 1. The third-order valence-electron chi connectivity index (χ3n) is 3.50. The van der Waals surface area contributed by atoms with Crippen LogP contribution in [0.3, 0.4) is 0 Å². The second kappa shape index (κ2) is 4.85. The van der Waals surface area contributed by atoms with Crippen molar-refractivity contribution in [2.24, 2.45) is 0 Å². The Balaban J connectivity index is 1.90. The number of ether oxygens (including phenoxy) is 2. The van der Waals surface area contributed by atoms with Gasteiger partial charge in [0.05, 0.1) is 25.9 Å². The number of hydrogen-bond donors (Lipinski definition) is 0. The van der Waals surface area contributed by atoms with Gasteiger partial charge in [0.25, 0.3) is 0 Å². The Morgan fingerprint density at radius 2 is 2.22 bits per heavy atom. The molecule has 1 aromatic rings. The number of anilines is 1. The minimum Gasteiger partial charge on any atom is -0.467 e. The molecule has 2 fully saturated rings. The fourth-order valence-electron chi connectivity index (χ4n) is 2.72. The molecule has 3 rings (SSSR count). The molecule has 1 saturated carbocycles. The quantitative estimate of drug-likeness (QED) is 0.807. The third kappa shape index (κ3) is 2.10. The van der Waals surface area contributed by atoms with Crippen molar-refractivity contribution < 1.29 is 9.47 Å². The molecule has 2 atom stereocenters. The Morgan fingerprint density at radius 1 is 1.33 bits per heavy atom. The van der Waals surface area contributed by atoms with Crippen molar-refractivity contribution in [1.82, 2.24) is 15.0 Å². The Kier molecular flexibility index (Phi) is 3.22. The van der Waals surface area contributed by atoms with Crippen molar-refractivity contribution in [1.29, 1.82) is 0 Å². The van der Waals surface area contributed by atoms with Gasteiger partial charge in [-0.25, -0.2) is 0 Å². The standard InChI is InChI=1S/C11H15ClN4O2/c1-17-11-14-9(12)13-10(15-11)16-5-6-18-8-4-2-3-7(8)16/h7-8H,2-6H2,1H3. The minimum absolute atomic E-state index is 0.165. The summed E-state index contributed by atoms with van der Waals surface area (Å²) in [6, 6.07) is 0.605. The summed E-state index contributed by atoms with van der Waals surface area (Å²) in [6.45, 7) is 1.48. The van der Waals surface area contributed by atoms with E-state index in [-0.39, 0.29) is 11.3 Å². The SMILES string of the molecule is COc1nc(Cl)nc(N2CCOC3CCCC32)n1. The summed E-state index contributed by atoms with van der Waals surface area (Å²) in [6.07, 6.45) is 3.69. The second-order valence-corrected chi connectivity index (χ2v) is 4.83. The first kappa shape index (κ1) is 11.9. The lowest BCUT2D eigenvalue weighted by atomic mass is 10.1. The van der Waals surface area contributed by atoms with E-state index in [0.717, 1.165) is 19.4 Å². The molecule has 0 radical (unpaired) electrons. The zero-order valence-electron chi connectivity index (χ0n) is 10.2. The molecule has 0 amide bonds. The van der Waals surface area contributed by atoms with Crippen molar-refractivity contribution in [2.75, 3.05) is 25.2 Å². The molecule has 1 aliphatic carbocycles. The number of fused-ring (bicyclic) bond motifs is 1. The van der Waals surface area contributed by atoms with Crippen LogP contribution in [0.2, 0.25) is 5.28 Å². The Morgan fingerprint density at radius 3 is 3.06 bits per heavy atom. The summed E-state index contributed by atoms with van der Waals surface area (Å²) in [5.74, 6) is 0.590. The predicted molar refractivity (Wildman–Crippen MR) is 66.1 cm³/mol. The van der Waals surface area contributed by atoms with E-state index in [4.69, 9.17) is 21.1 Å². The predicted octanol–water partition coefficient (Wildman–Crippen LogP) is 1.29. The molecule has 6 nitrogen and oxygen atoms in total. The van der Waals surface area contributed by atoms with Crippen molar-refractivity contribution in [3.05, 3.63) is 5.28 Å². The summed E-state index contributed by atoms with van der Waals surface area (Å²) in [5.41, 5.74) is 0. The first-order valence-electron chi connectivity index (χ1n) is 6.12. The topological polar surface area (TPSA) is 60.4 Å². The van der Waals surface area contributed by atoms with E-state index in [1.807, 2.05) is 0 Å². The highest BCUT2D eigenvalue weighted by molar-refractivity contribution is 6.28. The summed E-state index contributed by atoms with van der Waals surface area (Å²) >= 11 is 5.89. The highest BCUT2D eigenvalue weighted by atomic mass is 35.5. The average Bonchev–Trinajstić information content (AvgIpc) is 2.85. The minimum atomic E-state index is 0.165. The van der Waals surface area contributed by atoms with Gasteiger partial charge in [-0.1, -0.05) is 0 Å². The molecule has 2 heterocycles. The van der Waals surface area contributed by atoms with Gasteiger partial charge in [-0.15, -0.1) is 0 Å². The van der Waals surface area contributed by atoms with Crippen LogP contribution in [-0.2, 0) is 4.74 Å². The van der Waals surface area contributed by atoms with Crippen LogP contribution in [0.4, 0.5) is 5.95 Å². The summed E-state index contributed by atoms with van der Waals surface area (Å²) in [5, 5.41) is 0.165. The van der Waals surface area contributed by atoms with Gasteiger partial charge in [-0.3, -0.25) is 0 Å². The maximum atomic E-state index is 5.89. The van der Waals surface area contributed by atoms with E-state index in [0.29, 0.717) is 24.7 Å². The van der Waals surface area contributed by atoms with Gasteiger partial charge in [-0.05, 0) is 30.9 Å². The molecule has 7 heteroatoms. The lowest BCUT2D eigenvalue weighted by Crippen LogP contribution is -2.49. The van der Waals surface area contributed by atoms with Crippen LogP contribution in [0.15, 0.2) is 0 Å². The van der Waals surface area contributed by atoms with E-state index < -0.39 is 0 Å². The summed E-state index contributed by atoms with van der Waals surface area (Å²) in [7, 11) is 1.52. The van der Waals surface area contributed by atoms with Crippen molar-refractivity contribution in [2.45, 2.75) is 31.4 Å². The molecule has 0 bridgehead atoms. The van der Waals surface area contributed by atoms with Crippen LogP contribution in [0.25, 0.3) is 0 Å². The first-order valence-corrected chi connectivity index (χ1v) is 6.49. The number of methoxy groups -OCH3 is 1. The number of morpholine rings is 1. The van der Waals surface area contributed by atoms with Gasteiger partial charge < -0.3 is 14.4 Å². The van der Waals surface area contributed by atoms with Crippen LogP contribution in [0.1, 0.15) is 19.3 Å². The van der Waals surface area contributed by atoms with Crippen LogP contribution in [-0.4, -0.2) is 47.4 Å². The summed E-state index contributed by atoms with van der Waals surface area (Å²) in [4.78, 5) is 14.5. The molecule has 0 aromatic carbocycles. The Bertz CT molecular complexity index is 445. The van der Waals surface area contributed by atoms with Gasteiger partial charge in [0.2, 0.25) is 11.2 Å². The maximum Gasteiger partial charge on any atom is 0.322 e. The lowest BCUT2D eigenvalue weighted by Gasteiger charge is -2.37. The van der Waals surface area contributed by atoms with Gasteiger partial charge in [0, 0.05) is 6.54 Å². The number of hydrogen-bond acceptors (Lipinski definition) is 6. The van der Waals surface area contributed by atoms with Gasteiger partial charge in [0.15, 0.2) is 0 Å². The molecule has 2 unspecified atom stereocenters. The van der Waals surface area contributed by atoms with Crippen LogP contribution in [0.5, 0.6) is 6.01 Å². The zero-order valence-corrected chi connectivity index (χ0v) is 10.9. The number of aromatic nitrogens is 3. The molecule has 98 valence electrons. The Hall–Kier alpha value is -1.14. The lowest BCUT2D eigenvalue weighted by molar-refractivity contribution is 0.0249. The highest BCUT2D eigenvalue weighted by Crippen LogP contribution is 2.32. The maximum absolute atomic E-state index is 5.89. The number of nitrogens with zero attached hydrogens (tertiary/aromatic N) is 4. The normalized spacial score (nSPS) is 27.1. The first-order chi connectivity index (χ1) is 8.78. The highest BCUT2D eigenvalue weighted by Gasteiger charge is 2.37. The van der Waals surface area contributed by atoms with E-state index in [2.05, 4.69) is 19.9 Å². The van der Waals surface area contributed by atoms with Crippen molar-refractivity contribution in [3.63, 3.8) is 0 Å². The summed E-state index contributed by atoms with van der Waals surface area (Å²) < 4.78 is 10.8. The van der Waals surface area contributed by atoms with E-state index >= 15 is 0 Å². The smallest absolute Gasteiger partial charge is 0.322 e. The molecule has 1 aliphatic heterocycles. The molecule has 2 aliphatic rings. The second-order valence-electron chi connectivity index (χ2n) is 4.49. The molecular formula is C11H15ClN4O2. The monoisotopic (exact) mass is 270 g/mol. The van der Waals surface area contributed by atoms with Crippen LogP contribution in [0, 0.1) is 0 Å². The van der Waals surface area contributed by atoms with Crippen molar-refractivity contribution in [3.8, 4) is 6.01 Å². The molecule has 0 N–H and O–H groups in total. The molecule has 1 saturated heterocycles. The van der Waals surface area contributed by atoms with E-state index in [1.165, 1.54) is 13.5 Å². The van der Waals surface area contributed by atoms with Gasteiger partial charge >= 0.3 is 6.01 Å². The Labute approximate surface area is 110 Å². The van der Waals surface area contributed by atoms with Gasteiger partial charge in [0.1, 0.15) is 0 Å². The third-order valence-corrected chi connectivity index (χ3v) is 3.67. The largest absolute Gasteiger partial charge is 0.467 e. The fourth-order valence-corrected chi connectivity index (χ4v) is 2.86. The molecule has 1 aromatic heterocycles. The zero-order chi connectivity index (χ0) is 12.5. The number of rotatable bonds is 2. The van der Waals surface area contributed by atoms with Crippen molar-refractivity contribution >= 4 is 17.5 Å². The molecule has 18 heavy (non-hydrogen) atoms. The average molecular weight is 271 g/mol. The fraction of sp³-hybridized carbons (Fsp3) is 0.727. The van der Waals surface area contributed by atoms with E-state index in [9.17, 15) is 0 Å². The molecular weight excluding hydrogens is 256 g/mol. The van der Waals surface area contributed by atoms with E-state index in [1.54, 1.807) is 0 Å². The van der Waals surface area contributed by atoms with Crippen LogP contribution >= 0.6 is 11.6 Å². The van der Waals surface area contributed by atoms with Crippen LogP contribution < -0.4 is 9.64 Å².